The highest BCUT2D eigenvalue weighted by molar-refractivity contribution is 7.89. The van der Waals surface area contributed by atoms with E-state index in [-0.39, 0.29) is 28.1 Å². The third kappa shape index (κ3) is 5.24. The Hall–Kier alpha value is -2.30. The lowest BCUT2D eigenvalue weighted by Gasteiger charge is -2.25. The van der Waals surface area contributed by atoms with Gasteiger partial charge in [0, 0.05) is 32.7 Å². The zero-order valence-corrected chi connectivity index (χ0v) is 18.2. The molecule has 3 rings (SSSR count). The molecule has 1 amide bonds. The number of benzene rings is 1. The Kier molecular flexibility index (Phi) is 6.89. The zero-order valence-electron chi connectivity index (χ0n) is 17.4. The molecule has 0 bridgehead atoms. The smallest absolute Gasteiger partial charge is 0.246 e. The third-order valence-corrected chi connectivity index (χ3v) is 6.94. The Morgan fingerprint density at radius 1 is 1.20 bits per heavy atom. The number of aryl methyl sites for hydroxylation is 2. The van der Waals surface area contributed by atoms with Crippen molar-refractivity contribution in [2.45, 2.75) is 44.7 Å². The Labute approximate surface area is 176 Å². The van der Waals surface area contributed by atoms with Crippen molar-refractivity contribution < 1.29 is 22.1 Å². The minimum absolute atomic E-state index is 0.0245. The van der Waals surface area contributed by atoms with E-state index in [1.807, 2.05) is 0 Å². The summed E-state index contributed by atoms with van der Waals surface area (Å²) in [5.74, 6) is -0.348. The lowest BCUT2D eigenvalue weighted by molar-refractivity contribution is -0.132. The molecule has 30 heavy (non-hydrogen) atoms. The van der Waals surface area contributed by atoms with Gasteiger partial charge < -0.3 is 9.42 Å². The summed E-state index contributed by atoms with van der Waals surface area (Å²) in [6, 6.07) is 5.49. The molecule has 1 saturated heterocycles. The molecule has 1 aliphatic heterocycles. The number of carbonyl (C=O) groups is 1. The predicted molar refractivity (Wildman–Crippen MR) is 109 cm³/mol. The van der Waals surface area contributed by atoms with Crippen LogP contribution < -0.4 is 4.72 Å². The van der Waals surface area contributed by atoms with Crippen LogP contribution in [-0.2, 0) is 21.4 Å². The molecule has 0 saturated carbocycles. The fourth-order valence-electron chi connectivity index (χ4n) is 3.67. The van der Waals surface area contributed by atoms with E-state index >= 15 is 0 Å². The molecule has 0 radical (unpaired) electrons. The Bertz CT molecular complexity index is 971. The quantitative estimate of drug-likeness (QED) is 0.739. The number of hydrogen-bond acceptors (Lipinski definition) is 6. The molecule has 1 fully saturated rings. The van der Waals surface area contributed by atoms with Crippen LogP contribution in [-0.4, -0.2) is 61.5 Å². The fourth-order valence-corrected chi connectivity index (χ4v) is 5.20. The average Bonchev–Trinajstić information content (AvgIpc) is 2.89. The first-order valence-corrected chi connectivity index (χ1v) is 11.4. The maximum atomic E-state index is 13.1. The van der Waals surface area contributed by atoms with Crippen LogP contribution in [0.15, 0.2) is 33.7 Å². The van der Waals surface area contributed by atoms with Gasteiger partial charge in [-0.15, -0.1) is 0 Å². The molecule has 0 spiro atoms. The standard InChI is InChI=1S/C20H27FN4O4S/c1-14-19(16(3)29-22-14)30(27,28)23-15(2)20(26)25-10-4-9-24(11-12-25)13-17-5-7-18(21)8-6-17/h5-8,15,23H,4,9-13H2,1-3H3/t15-/m0/s1. The highest BCUT2D eigenvalue weighted by atomic mass is 32.2. The van der Waals surface area contributed by atoms with Gasteiger partial charge in [-0.3, -0.25) is 9.69 Å². The van der Waals surface area contributed by atoms with Gasteiger partial charge in [0.15, 0.2) is 5.76 Å². The van der Waals surface area contributed by atoms with Gasteiger partial charge in [-0.05, 0) is 44.9 Å². The number of sulfonamides is 1. The molecule has 1 atom stereocenters. The molecule has 1 aliphatic rings. The molecule has 10 heteroatoms. The first kappa shape index (κ1) is 22.4. The first-order chi connectivity index (χ1) is 14.2. The average molecular weight is 439 g/mol. The van der Waals surface area contributed by atoms with E-state index in [0.29, 0.717) is 26.2 Å². The number of amides is 1. The van der Waals surface area contributed by atoms with Crippen molar-refractivity contribution in [3.63, 3.8) is 0 Å². The lowest BCUT2D eigenvalue weighted by atomic mass is 10.2. The van der Waals surface area contributed by atoms with Crippen LogP contribution in [0.1, 0.15) is 30.4 Å². The maximum Gasteiger partial charge on any atom is 0.246 e. The van der Waals surface area contributed by atoms with Crippen LogP contribution in [0, 0.1) is 19.7 Å². The second kappa shape index (κ2) is 9.23. The van der Waals surface area contributed by atoms with Crippen LogP contribution in [0.3, 0.4) is 0 Å². The van der Waals surface area contributed by atoms with Gasteiger partial charge in [-0.25, -0.2) is 12.8 Å². The maximum absolute atomic E-state index is 13.1. The number of rotatable bonds is 6. The number of carbonyl (C=O) groups excluding carboxylic acids is 1. The summed E-state index contributed by atoms with van der Waals surface area (Å²) in [5, 5.41) is 3.67. The molecule has 1 aromatic heterocycles. The SMILES string of the molecule is Cc1noc(C)c1S(=O)(=O)N[C@@H](C)C(=O)N1CCCN(Cc2ccc(F)cc2)CC1. The zero-order chi connectivity index (χ0) is 21.9. The molecular weight excluding hydrogens is 411 g/mol. The third-order valence-electron chi connectivity index (χ3n) is 5.16. The monoisotopic (exact) mass is 438 g/mol. The molecule has 0 aliphatic carbocycles. The number of nitrogens with zero attached hydrogens (tertiary/aromatic N) is 3. The van der Waals surface area contributed by atoms with Gasteiger partial charge in [0.1, 0.15) is 16.4 Å². The van der Waals surface area contributed by atoms with Gasteiger partial charge in [0.2, 0.25) is 15.9 Å². The Morgan fingerprint density at radius 3 is 2.53 bits per heavy atom. The number of aromatic nitrogens is 1. The summed E-state index contributed by atoms with van der Waals surface area (Å²) in [7, 11) is -3.92. The Balaban J connectivity index is 1.59. The molecule has 0 unspecified atom stereocenters. The van der Waals surface area contributed by atoms with E-state index < -0.39 is 16.1 Å². The molecule has 8 nitrogen and oxygen atoms in total. The van der Waals surface area contributed by atoms with Crippen molar-refractivity contribution in [2.75, 3.05) is 26.2 Å². The minimum atomic E-state index is -3.92. The van der Waals surface area contributed by atoms with Crippen LogP contribution >= 0.6 is 0 Å². The molecule has 1 aromatic carbocycles. The predicted octanol–water partition coefficient (Wildman–Crippen LogP) is 1.83. The van der Waals surface area contributed by atoms with E-state index in [1.54, 1.807) is 30.9 Å². The summed E-state index contributed by atoms with van der Waals surface area (Å²) in [6.07, 6.45) is 0.774. The topological polar surface area (TPSA) is 95.8 Å². The number of nitrogens with one attached hydrogen (secondary N) is 1. The second-order valence-corrected chi connectivity index (χ2v) is 9.23. The summed E-state index contributed by atoms with van der Waals surface area (Å²) >= 11 is 0. The van der Waals surface area contributed by atoms with Gasteiger partial charge in [0.05, 0.1) is 6.04 Å². The summed E-state index contributed by atoms with van der Waals surface area (Å²) in [4.78, 5) is 16.7. The lowest BCUT2D eigenvalue weighted by Crippen LogP contribution is -2.48. The van der Waals surface area contributed by atoms with Crippen molar-refractivity contribution in [1.82, 2.24) is 19.7 Å². The van der Waals surface area contributed by atoms with Crippen LogP contribution in [0.2, 0.25) is 0 Å². The summed E-state index contributed by atoms with van der Waals surface area (Å²) in [5.41, 5.74) is 1.27. The van der Waals surface area contributed by atoms with Gasteiger partial charge in [-0.1, -0.05) is 17.3 Å². The van der Waals surface area contributed by atoms with Crippen molar-refractivity contribution in [3.8, 4) is 0 Å². The van der Waals surface area contributed by atoms with E-state index in [0.717, 1.165) is 18.5 Å². The normalized spacial score (nSPS) is 17.0. The van der Waals surface area contributed by atoms with E-state index in [4.69, 9.17) is 4.52 Å². The number of hydrogen-bond donors (Lipinski definition) is 1. The largest absolute Gasteiger partial charge is 0.360 e. The highest BCUT2D eigenvalue weighted by Crippen LogP contribution is 2.19. The van der Waals surface area contributed by atoms with Crippen LogP contribution in [0.25, 0.3) is 0 Å². The molecule has 2 heterocycles. The van der Waals surface area contributed by atoms with E-state index in [9.17, 15) is 17.6 Å². The van der Waals surface area contributed by atoms with Crippen LogP contribution in [0.5, 0.6) is 0 Å². The van der Waals surface area contributed by atoms with Gasteiger partial charge in [0.25, 0.3) is 0 Å². The Morgan fingerprint density at radius 2 is 1.90 bits per heavy atom. The highest BCUT2D eigenvalue weighted by Gasteiger charge is 2.30. The number of halogens is 1. The van der Waals surface area contributed by atoms with E-state index in [2.05, 4.69) is 14.8 Å². The van der Waals surface area contributed by atoms with Gasteiger partial charge >= 0.3 is 0 Å². The van der Waals surface area contributed by atoms with Gasteiger partial charge in [-0.2, -0.15) is 4.72 Å². The van der Waals surface area contributed by atoms with Crippen molar-refractivity contribution >= 4 is 15.9 Å². The summed E-state index contributed by atoms with van der Waals surface area (Å²) < 4.78 is 45.8. The second-order valence-electron chi connectivity index (χ2n) is 7.58. The molecule has 164 valence electrons. The fraction of sp³-hybridized carbons (Fsp3) is 0.500. The van der Waals surface area contributed by atoms with Crippen molar-refractivity contribution in [3.05, 3.63) is 47.1 Å². The van der Waals surface area contributed by atoms with E-state index in [1.165, 1.54) is 19.1 Å². The molecule has 2 aromatic rings. The summed E-state index contributed by atoms with van der Waals surface area (Å²) in [6.45, 7) is 7.80. The van der Waals surface area contributed by atoms with Crippen molar-refractivity contribution in [1.29, 1.82) is 0 Å². The first-order valence-electron chi connectivity index (χ1n) is 9.88. The molecular formula is C20H27FN4O4S. The minimum Gasteiger partial charge on any atom is -0.360 e. The molecule has 1 N–H and O–H groups in total. The van der Waals surface area contributed by atoms with Crippen molar-refractivity contribution in [2.24, 2.45) is 0 Å². The van der Waals surface area contributed by atoms with Crippen LogP contribution in [0.4, 0.5) is 4.39 Å².